The van der Waals surface area contributed by atoms with Crippen LogP contribution in [0.1, 0.15) is 40.8 Å². The fraction of sp³-hybridized carbons (Fsp3) is 0.438. The molecule has 3 N–H and O–H groups in total. The number of pyridine rings is 1. The summed E-state index contributed by atoms with van der Waals surface area (Å²) in [5.74, 6) is -1.13. The highest BCUT2D eigenvalue weighted by molar-refractivity contribution is 6.33. The summed E-state index contributed by atoms with van der Waals surface area (Å²) in [6, 6.07) is 2.66. The van der Waals surface area contributed by atoms with E-state index < -0.39 is 29.7 Å². The number of alkyl halides is 3. The first kappa shape index (κ1) is 35.1. The minimum absolute atomic E-state index is 0.00431. The molecular weight excluding hydrogens is 683 g/mol. The van der Waals surface area contributed by atoms with Gasteiger partial charge >= 0.3 is 6.18 Å². The summed E-state index contributed by atoms with van der Waals surface area (Å²) in [6.07, 6.45) is -1.09. The molecule has 0 radical (unpaired) electrons. The Labute approximate surface area is 289 Å². The number of aromatic nitrogens is 3. The average Bonchev–Trinajstić information content (AvgIpc) is 3.11. The predicted molar refractivity (Wildman–Crippen MR) is 179 cm³/mol. The number of benzene rings is 1. The van der Waals surface area contributed by atoms with Crippen LogP contribution in [0.5, 0.6) is 5.75 Å². The molecule has 3 aliphatic rings. The number of aryl methyl sites for hydroxylation is 1. The van der Waals surface area contributed by atoms with Gasteiger partial charge in [0.25, 0.3) is 5.91 Å². The van der Waals surface area contributed by atoms with Crippen LogP contribution < -0.4 is 21.0 Å². The number of nitrogens with zero attached hydrogens (tertiary/aromatic N) is 7. The summed E-state index contributed by atoms with van der Waals surface area (Å²) in [7, 11) is 0. The number of rotatable bonds is 7. The first-order chi connectivity index (χ1) is 23.9. The van der Waals surface area contributed by atoms with Crippen molar-refractivity contribution in [2.45, 2.75) is 45.6 Å². The second kappa shape index (κ2) is 14.2. The molecule has 50 heavy (non-hydrogen) atoms. The molecule has 266 valence electrons. The Hall–Kier alpha value is -4.74. The molecule has 2 amide bonds. The van der Waals surface area contributed by atoms with Crippen molar-refractivity contribution in [1.82, 2.24) is 24.3 Å². The molecular formula is C32H35ClF3N9O5. The molecule has 2 aromatic heterocycles. The smallest absolute Gasteiger partial charge is 0.416 e. The van der Waals surface area contributed by atoms with E-state index in [2.05, 4.69) is 25.6 Å². The van der Waals surface area contributed by atoms with Crippen molar-refractivity contribution in [3.63, 3.8) is 0 Å². The quantitative estimate of drug-likeness (QED) is 0.330. The third-order valence-electron chi connectivity index (χ3n) is 8.83. The number of piperazine rings is 1. The van der Waals surface area contributed by atoms with E-state index in [1.165, 1.54) is 11.2 Å². The zero-order valence-electron chi connectivity index (χ0n) is 27.3. The zero-order chi connectivity index (χ0) is 35.7. The van der Waals surface area contributed by atoms with Gasteiger partial charge in [-0.1, -0.05) is 18.5 Å². The molecule has 0 saturated carbocycles. The maximum atomic E-state index is 14.3. The Morgan fingerprint density at radius 1 is 1.16 bits per heavy atom. The summed E-state index contributed by atoms with van der Waals surface area (Å²) < 4.78 is 46.8. The summed E-state index contributed by atoms with van der Waals surface area (Å²) in [4.78, 5) is 59.0. The van der Waals surface area contributed by atoms with Crippen molar-refractivity contribution >= 4 is 52.5 Å². The number of carbonyl (C=O) groups excluding carboxylic acids is 2. The highest BCUT2D eigenvalue weighted by Gasteiger charge is 2.34. The van der Waals surface area contributed by atoms with Crippen LogP contribution in [-0.2, 0) is 28.7 Å². The van der Waals surface area contributed by atoms with E-state index in [4.69, 9.17) is 16.3 Å². The SMILES string of the molecule is CCc1c(N2CCN(C(=O)c3ncnc(C)c3O)CC2)c(=O)c2c(n1CC(=O)Nc1ccc(C(F)(F)F)cc1Cl)N=CC(N1CCCOC1)N2. The van der Waals surface area contributed by atoms with E-state index in [0.29, 0.717) is 37.7 Å². The number of fused-ring (bicyclic) bond motifs is 1. The van der Waals surface area contributed by atoms with E-state index in [1.54, 1.807) is 17.7 Å². The molecule has 0 spiro atoms. The van der Waals surface area contributed by atoms with Gasteiger partial charge in [0, 0.05) is 51.2 Å². The van der Waals surface area contributed by atoms with Crippen molar-refractivity contribution in [2.75, 3.05) is 61.6 Å². The Morgan fingerprint density at radius 2 is 1.92 bits per heavy atom. The number of anilines is 3. The lowest BCUT2D eigenvalue weighted by atomic mass is 10.1. The number of aromatic hydroxyl groups is 1. The third kappa shape index (κ3) is 6.97. The van der Waals surface area contributed by atoms with Gasteiger partial charge in [0.1, 0.15) is 37.1 Å². The van der Waals surface area contributed by atoms with Gasteiger partial charge in [-0.05, 0) is 38.0 Å². The van der Waals surface area contributed by atoms with Crippen LogP contribution in [0.15, 0.2) is 34.3 Å². The van der Waals surface area contributed by atoms with Crippen molar-refractivity contribution in [3.05, 3.63) is 62.4 Å². The Balaban J connectivity index is 1.32. The van der Waals surface area contributed by atoms with Crippen molar-refractivity contribution in [1.29, 1.82) is 0 Å². The number of carbonyl (C=O) groups is 2. The number of hydrogen-bond donors (Lipinski definition) is 3. The van der Waals surface area contributed by atoms with Crippen LogP contribution in [0, 0.1) is 6.92 Å². The molecule has 2 saturated heterocycles. The topological polar surface area (TPSA) is 158 Å². The van der Waals surface area contributed by atoms with E-state index in [0.717, 1.165) is 24.6 Å². The Bertz CT molecular complexity index is 1890. The minimum atomic E-state index is -4.60. The summed E-state index contributed by atoms with van der Waals surface area (Å²) in [5.41, 5.74) is -0.104. The minimum Gasteiger partial charge on any atom is -0.504 e. The summed E-state index contributed by atoms with van der Waals surface area (Å²) >= 11 is 6.12. The van der Waals surface area contributed by atoms with Gasteiger partial charge in [0.2, 0.25) is 11.3 Å². The van der Waals surface area contributed by atoms with E-state index in [-0.39, 0.29) is 77.5 Å². The lowest BCUT2D eigenvalue weighted by molar-refractivity contribution is -0.137. The van der Waals surface area contributed by atoms with Gasteiger partial charge in [0.15, 0.2) is 17.3 Å². The molecule has 2 fully saturated rings. The van der Waals surface area contributed by atoms with Crippen LogP contribution in [-0.4, -0.2) is 99.7 Å². The van der Waals surface area contributed by atoms with Crippen LogP contribution in [0.3, 0.4) is 0 Å². The maximum absolute atomic E-state index is 14.3. The Kier molecular flexibility index (Phi) is 10.00. The second-order valence-corrected chi connectivity index (χ2v) is 12.4. The molecule has 0 bridgehead atoms. The van der Waals surface area contributed by atoms with Gasteiger partial charge < -0.3 is 34.8 Å². The lowest BCUT2D eigenvalue weighted by Gasteiger charge is -2.39. The van der Waals surface area contributed by atoms with Crippen LogP contribution in [0.4, 0.5) is 36.1 Å². The van der Waals surface area contributed by atoms with Gasteiger partial charge in [0.05, 0.1) is 22.0 Å². The molecule has 14 nitrogen and oxygen atoms in total. The first-order valence-corrected chi connectivity index (χ1v) is 16.4. The third-order valence-corrected chi connectivity index (χ3v) is 9.15. The first-order valence-electron chi connectivity index (χ1n) is 16.0. The number of nitrogens with one attached hydrogen (secondary N) is 2. The molecule has 1 atom stereocenters. The fourth-order valence-corrected chi connectivity index (χ4v) is 6.47. The molecule has 5 heterocycles. The normalized spacial score (nSPS) is 18.1. The number of halogens is 4. The lowest BCUT2D eigenvalue weighted by Crippen LogP contribution is -2.51. The maximum Gasteiger partial charge on any atom is 0.416 e. The van der Waals surface area contributed by atoms with E-state index >= 15 is 0 Å². The summed E-state index contributed by atoms with van der Waals surface area (Å²) in [6.45, 7) is 5.68. The second-order valence-electron chi connectivity index (χ2n) is 12.0. The average molecular weight is 718 g/mol. The number of amides is 2. The zero-order valence-corrected chi connectivity index (χ0v) is 28.0. The monoisotopic (exact) mass is 717 g/mol. The molecule has 3 aliphatic heterocycles. The van der Waals surface area contributed by atoms with Crippen LogP contribution in [0.25, 0.3) is 0 Å². The molecule has 0 aliphatic carbocycles. The van der Waals surface area contributed by atoms with E-state index in [1.807, 2.05) is 16.7 Å². The molecule has 1 aromatic carbocycles. The van der Waals surface area contributed by atoms with Crippen LogP contribution >= 0.6 is 11.6 Å². The van der Waals surface area contributed by atoms with Crippen molar-refractivity contribution < 1.29 is 32.6 Å². The molecule has 6 rings (SSSR count). The van der Waals surface area contributed by atoms with Gasteiger partial charge in [-0.25, -0.2) is 15.0 Å². The highest BCUT2D eigenvalue weighted by atomic mass is 35.5. The summed E-state index contributed by atoms with van der Waals surface area (Å²) in [5, 5.41) is 16.0. The van der Waals surface area contributed by atoms with E-state index in [9.17, 15) is 32.7 Å². The van der Waals surface area contributed by atoms with Gasteiger partial charge in [-0.15, -0.1) is 0 Å². The number of hydrogen-bond acceptors (Lipinski definition) is 11. The molecule has 1 unspecified atom stereocenters. The highest BCUT2D eigenvalue weighted by Crippen LogP contribution is 2.36. The van der Waals surface area contributed by atoms with Crippen molar-refractivity contribution in [3.8, 4) is 5.75 Å². The molecule has 3 aromatic rings. The number of ether oxygens (including phenoxy) is 1. The van der Waals surface area contributed by atoms with Crippen molar-refractivity contribution in [2.24, 2.45) is 4.99 Å². The van der Waals surface area contributed by atoms with Gasteiger partial charge in [-0.3, -0.25) is 19.3 Å². The van der Waals surface area contributed by atoms with Gasteiger partial charge in [-0.2, -0.15) is 13.2 Å². The predicted octanol–water partition coefficient (Wildman–Crippen LogP) is 3.62. The largest absolute Gasteiger partial charge is 0.504 e. The Morgan fingerprint density at radius 3 is 2.58 bits per heavy atom. The standard InChI is InChI=1S/C32H35ClF3N9O5/c1-3-22-27(42-8-10-43(11-9-42)31(49)26-28(47)18(2)38-16-39-26)29(48)25-30(37-14-23(41-25)44-7-4-12-50-17-44)45(22)15-24(46)40-21-6-5-19(13-20(21)33)32(34,35)36/h5-6,13-14,16,23,41,47H,3-4,7-12,15,17H2,1-2H3,(H,40,46). The molecule has 18 heteroatoms. The number of aliphatic imine (C=N–C) groups is 1. The van der Waals surface area contributed by atoms with Crippen LogP contribution in [0.2, 0.25) is 5.02 Å². The fourth-order valence-electron chi connectivity index (χ4n) is 6.24.